The van der Waals surface area contributed by atoms with Crippen molar-refractivity contribution in [1.82, 2.24) is 15.3 Å². The molecular weight excluding hydrogens is 402 g/mol. The molecule has 0 aliphatic carbocycles. The van der Waals surface area contributed by atoms with Gasteiger partial charge in [-0.25, -0.2) is 0 Å². The summed E-state index contributed by atoms with van der Waals surface area (Å²) in [5, 5.41) is 3.89. The molecule has 1 aliphatic rings. The molecule has 2 amide bonds. The van der Waals surface area contributed by atoms with Crippen LogP contribution in [0.1, 0.15) is 22.5 Å². The Hall–Kier alpha value is -2.91. The molecule has 10 heteroatoms. The van der Waals surface area contributed by atoms with Crippen LogP contribution in [0.15, 0.2) is 24.3 Å². The number of amides is 2. The van der Waals surface area contributed by atoms with Crippen molar-refractivity contribution in [3.05, 3.63) is 34.2 Å². The van der Waals surface area contributed by atoms with Gasteiger partial charge in [0.1, 0.15) is 16.3 Å². The molecule has 1 aliphatic heterocycles. The predicted molar refractivity (Wildman–Crippen MR) is 107 cm³/mol. The molecule has 144 valence electrons. The Kier molecular flexibility index (Phi) is 4.78. The standard InChI is InChI=1S/C18H16ClN5O3S/c19-9-3-1-2-8(6-9)14-12-13(20)15(16(21)26)28-17(12)24-18(23-14)27-7-10-4-5-11(25)22-10/h1-3,6,10H,4-5,7,20H2,(H2,21,26)(H,22,25). The Bertz CT molecular complexity index is 1100. The quantitative estimate of drug-likeness (QED) is 0.583. The number of rotatable bonds is 5. The average Bonchev–Trinajstić information content (AvgIpc) is 3.22. The molecule has 0 spiro atoms. The molecular formula is C18H16ClN5O3S. The molecule has 2 aromatic heterocycles. The number of ether oxygens (including phenoxy) is 1. The van der Waals surface area contributed by atoms with Crippen LogP contribution in [0.25, 0.3) is 21.5 Å². The molecule has 1 fully saturated rings. The maximum atomic E-state index is 11.7. The van der Waals surface area contributed by atoms with E-state index in [0.717, 1.165) is 11.3 Å². The Morgan fingerprint density at radius 3 is 2.89 bits per heavy atom. The van der Waals surface area contributed by atoms with Crippen LogP contribution in [-0.2, 0) is 4.79 Å². The maximum Gasteiger partial charge on any atom is 0.318 e. The Labute approximate surface area is 168 Å². The molecule has 3 heterocycles. The van der Waals surface area contributed by atoms with E-state index in [-0.39, 0.29) is 35.1 Å². The number of aromatic nitrogens is 2. The molecule has 1 atom stereocenters. The number of thiophene rings is 1. The van der Waals surface area contributed by atoms with Gasteiger partial charge < -0.3 is 21.5 Å². The van der Waals surface area contributed by atoms with E-state index in [1.54, 1.807) is 18.2 Å². The maximum absolute atomic E-state index is 11.7. The van der Waals surface area contributed by atoms with Crippen LogP contribution in [0.4, 0.5) is 5.69 Å². The van der Waals surface area contributed by atoms with E-state index in [1.165, 1.54) is 0 Å². The highest BCUT2D eigenvalue weighted by Gasteiger charge is 2.24. The Morgan fingerprint density at radius 2 is 2.21 bits per heavy atom. The van der Waals surface area contributed by atoms with Crippen molar-refractivity contribution in [2.45, 2.75) is 18.9 Å². The first-order chi connectivity index (χ1) is 13.4. The predicted octanol–water partition coefficient (Wildman–Crippen LogP) is 2.35. The second kappa shape index (κ2) is 7.25. The number of hydrogen-bond acceptors (Lipinski definition) is 7. The lowest BCUT2D eigenvalue weighted by atomic mass is 10.1. The number of nitrogen functional groups attached to an aromatic ring is 1. The van der Waals surface area contributed by atoms with Crippen LogP contribution in [0.5, 0.6) is 6.01 Å². The van der Waals surface area contributed by atoms with Gasteiger partial charge in [-0.05, 0) is 18.6 Å². The van der Waals surface area contributed by atoms with Crippen LogP contribution in [0.3, 0.4) is 0 Å². The zero-order chi connectivity index (χ0) is 19.8. The van der Waals surface area contributed by atoms with Gasteiger partial charge in [0.25, 0.3) is 5.91 Å². The molecule has 8 nitrogen and oxygen atoms in total. The van der Waals surface area contributed by atoms with Gasteiger partial charge in [-0.3, -0.25) is 9.59 Å². The summed E-state index contributed by atoms with van der Waals surface area (Å²) < 4.78 is 5.73. The van der Waals surface area contributed by atoms with Gasteiger partial charge in [-0.15, -0.1) is 11.3 Å². The van der Waals surface area contributed by atoms with Crippen molar-refractivity contribution >= 4 is 50.7 Å². The SMILES string of the molecule is NC(=O)c1sc2nc(OCC3CCC(=O)N3)nc(-c3cccc(Cl)c3)c2c1N. The Balaban J connectivity index is 1.79. The van der Waals surface area contributed by atoms with Crippen molar-refractivity contribution < 1.29 is 14.3 Å². The van der Waals surface area contributed by atoms with Crippen LogP contribution >= 0.6 is 22.9 Å². The highest BCUT2D eigenvalue weighted by molar-refractivity contribution is 7.21. The molecule has 4 rings (SSSR count). The zero-order valence-corrected chi connectivity index (χ0v) is 16.1. The summed E-state index contributed by atoms with van der Waals surface area (Å²) in [4.78, 5) is 32.6. The lowest BCUT2D eigenvalue weighted by molar-refractivity contribution is -0.119. The third-order valence-corrected chi connectivity index (χ3v) is 5.74. The van der Waals surface area contributed by atoms with Crippen molar-refractivity contribution in [1.29, 1.82) is 0 Å². The summed E-state index contributed by atoms with van der Waals surface area (Å²) in [6, 6.07) is 7.14. The summed E-state index contributed by atoms with van der Waals surface area (Å²) in [6.45, 7) is 0.246. The van der Waals surface area contributed by atoms with Gasteiger partial charge in [0.05, 0.1) is 22.8 Å². The molecule has 1 aromatic carbocycles. The van der Waals surface area contributed by atoms with Crippen molar-refractivity contribution in [2.24, 2.45) is 5.73 Å². The van der Waals surface area contributed by atoms with Crippen molar-refractivity contribution in [3.8, 4) is 17.3 Å². The first-order valence-corrected chi connectivity index (χ1v) is 9.69. The molecule has 0 saturated carbocycles. The van der Waals surface area contributed by atoms with Gasteiger partial charge >= 0.3 is 6.01 Å². The number of fused-ring (bicyclic) bond motifs is 1. The fourth-order valence-electron chi connectivity index (χ4n) is 3.07. The van der Waals surface area contributed by atoms with E-state index >= 15 is 0 Å². The molecule has 5 N–H and O–H groups in total. The van der Waals surface area contributed by atoms with E-state index in [2.05, 4.69) is 15.3 Å². The fraction of sp³-hybridized carbons (Fsp3) is 0.222. The van der Waals surface area contributed by atoms with Gasteiger partial charge in [-0.1, -0.05) is 23.7 Å². The number of hydrogen-bond donors (Lipinski definition) is 3. The molecule has 28 heavy (non-hydrogen) atoms. The van der Waals surface area contributed by atoms with Crippen molar-refractivity contribution in [3.63, 3.8) is 0 Å². The van der Waals surface area contributed by atoms with E-state index in [1.807, 2.05) is 6.07 Å². The minimum Gasteiger partial charge on any atom is -0.461 e. The van der Waals surface area contributed by atoms with Gasteiger partial charge in [0.2, 0.25) is 5.91 Å². The summed E-state index contributed by atoms with van der Waals surface area (Å²) in [5.74, 6) is -0.629. The summed E-state index contributed by atoms with van der Waals surface area (Å²) >= 11 is 7.21. The first-order valence-electron chi connectivity index (χ1n) is 8.50. The number of nitrogens with two attached hydrogens (primary N) is 2. The van der Waals surface area contributed by atoms with E-state index < -0.39 is 5.91 Å². The number of carbonyl (C=O) groups is 2. The van der Waals surface area contributed by atoms with E-state index in [4.69, 9.17) is 27.8 Å². The topological polar surface area (TPSA) is 133 Å². The minimum absolute atomic E-state index is 0.00159. The number of anilines is 1. The summed E-state index contributed by atoms with van der Waals surface area (Å²) in [5.41, 5.74) is 13.0. The smallest absolute Gasteiger partial charge is 0.318 e. The number of halogens is 1. The van der Waals surface area contributed by atoms with Crippen LogP contribution in [0.2, 0.25) is 5.02 Å². The second-order valence-corrected chi connectivity index (χ2v) is 7.80. The molecule has 3 aromatic rings. The number of benzene rings is 1. The lowest BCUT2D eigenvalue weighted by Crippen LogP contribution is -2.31. The molecule has 0 radical (unpaired) electrons. The Morgan fingerprint density at radius 1 is 1.39 bits per heavy atom. The van der Waals surface area contributed by atoms with Crippen LogP contribution < -0.4 is 21.5 Å². The van der Waals surface area contributed by atoms with Gasteiger partial charge in [0.15, 0.2) is 0 Å². The number of nitrogens with one attached hydrogen (secondary N) is 1. The van der Waals surface area contributed by atoms with E-state index in [9.17, 15) is 9.59 Å². The van der Waals surface area contributed by atoms with E-state index in [0.29, 0.717) is 39.3 Å². The van der Waals surface area contributed by atoms with Gasteiger partial charge in [0, 0.05) is 17.0 Å². The monoisotopic (exact) mass is 417 g/mol. The third kappa shape index (κ3) is 3.46. The molecule has 1 saturated heterocycles. The minimum atomic E-state index is -0.631. The van der Waals surface area contributed by atoms with Crippen molar-refractivity contribution in [2.75, 3.05) is 12.3 Å². The second-order valence-electron chi connectivity index (χ2n) is 6.37. The van der Waals surface area contributed by atoms with Crippen LogP contribution in [0, 0.1) is 0 Å². The summed E-state index contributed by atoms with van der Waals surface area (Å²) in [7, 11) is 0. The summed E-state index contributed by atoms with van der Waals surface area (Å²) in [6.07, 6.45) is 1.17. The fourth-order valence-corrected chi connectivity index (χ4v) is 4.20. The van der Waals surface area contributed by atoms with Crippen LogP contribution in [-0.4, -0.2) is 34.4 Å². The highest BCUT2D eigenvalue weighted by Crippen LogP contribution is 2.39. The number of carbonyl (C=O) groups excluding carboxylic acids is 2. The van der Waals surface area contributed by atoms with Gasteiger partial charge in [-0.2, -0.15) is 9.97 Å². The third-order valence-electron chi connectivity index (χ3n) is 4.39. The molecule has 0 bridgehead atoms. The lowest BCUT2D eigenvalue weighted by Gasteiger charge is -2.12. The highest BCUT2D eigenvalue weighted by atomic mass is 35.5. The number of primary amides is 1. The normalized spacial score (nSPS) is 16.3. The first kappa shape index (κ1) is 18.5. The largest absolute Gasteiger partial charge is 0.461 e. The number of nitrogens with zero attached hydrogens (tertiary/aromatic N) is 2. The molecule has 1 unspecified atom stereocenters. The average molecular weight is 418 g/mol. The zero-order valence-electron chi connectivity index (χ0n) is 14.6.